The number of halogens is 6. The fraction of sp³-hybridized carbons (Fsp3) is 0.440. The molecule has 1 unspecified atom stereocenters. The minimum absolute atomic E-state index is 0.0582. The number of nitrogens with one attached hydrogen (secondary N) is 1. The smallest absolute Gasteiger partial charge is 0.435 e. The maximum atomic E-state index is 14.2. The van der Waals surface area contributed by atoms with Gasteiger partial charge in [0.15, 0.2) is 0 Å². The Morgan fingerprint density at radius 1 is 1.08 bits per heavy atom. The number of rotatable bonds is 8. The van der Waals surface area contributed by atoms with Crippen molar-refractivity contribution in [3.05, 3.63) is 62.6 Å². The Labute approximate surface area is 222 Å². The van der Waals surface area contributed by atoms with E-state index in [-0.39, 0.29) is 33.7 Å². The van der Waals surface area contributed by atoms with Gasteiger partial charge in [0.05, 0.1) is 16.4 Å². The van der Waals surface area contributed by atoms with Crippen LogP contribution in [0.4, 0.5) is 18.9 Å². The lowest BCUT2D eigenvalue weighted by Crippen LogP contribution is -2.42. The fourth-order valence-electron chi connectivity index (χ4n) is 3.70. The van der Waals surface area contributed by atoms with Crippen LogP contribution in [0.5, 0.6) is 0 Å². The molecule has 2 aromatic rings. The quantitative estimate of drug-likeness (QED) is 0.259. The normalized spacial score (nSPS) is 18.0. The van der Waals surface area contributed by atoms with Gasteiger partial charge in [0, 0.05) is 40.6 Å². The molecule has 0 aliphatic carbocycles. The van der Waals surface area contributed by atoms with Gasteiger partial charge in [0.2, 0.25) is 0 Å². The van der Waals surface area contributed by atoms with Gasteiger partial charge in [-0.3, -0.25) is 4.79 Å². The molecule has 2 aromatic carbocycles. The molecule has 1 atom stereocenters. The number of hydrogen-bond acceptors (Lipinski definition) is 5. The molecule has 0 radical (unpaired) electrons. The molecule has 3 rings (SSSR count). The van der Waals surface area contributed by atoms with Gasteiger partial charge >= 0.3 is 12.1 Å². The molecule has 0 amide bonds. The molecule has 1 N–H and O–H groups in total. The van der Waals surface area contributed by atoms with E-state index in [0.29, 0.717) is 35.7 Å². The third-order valence-electron chi connectivity index (χ3n) is 5.36. The molecule has 0 saturated carbocycles. The van der Waals surface area contributed by atoms with Gasteiger partial charge in [0.25, 0.3) is 5.60 Å². The van der Waals surface area contributed by atoms with E-state index in [9.17, 15) is 18.0 Å². The number of unbranched alkanes of at least 4 members (excludes halogenated alkanes) is 1. The van der Waals surface area contributed by atoms with Crippen molar-refractivity contribution < 1.29 is 27.5 Å². The zero-order chi connectivity index (χ0) is 26.7. The highest BCUT2D eigenvalue weighted by Gasteiger charge is 2.62. The van der Waals surface area contributed by atoms with Crippen LogP contribution in [-0.2, 0) is 20.0 Å². The van der Waals surface area contributed by atoms with E-state index in [0.717, 1.165) is 0 Å². The number of carbonyl (C=O) groups excluding carboxylic acids is 1. The zero-order valence-electron chi connectivity index (χ0n) is 19.9. The highest BCUT2D eigenvalue weighted by molar-refractivity contribution is 6.34. The standard InChI is InChI=1S/C25H26Cl3F3N2O3/c1-23(2,3)35-22(34)6-4-5-9-32-20-10-15(7-8-19(20)28)21-14-24(36-33-21,25(29,30)31)16-11-17(26)13-18(27)12-16/h7-8,10-13,32H,4-6,9,14H2,1-3H3. The molecular formula is C25H26Cl3F3N2O3. The maximum Gasteiger partial charge on any atom is 0.435 e. The van der Waals surface area contributed by atoms with E-state index in [4.69, 9.17) is 44.4 Å². The van der Waals surface area contributed by atoms with Crippen LogP contribution in [0.2, 0.25) is 15.1 Å². The second kappa shape index (κ2) is 11.1. The van der Waals surface area contributed by atoms with Crippen molar-refractivity contribution in [3.8, 4) is 0 Å². The predicted octanol–water partition coefficient (Wildman–Crippen LogP) is 8.15. The minimum atomic E-state index is -4.78. The van der Waals surface area contributed by atoms with Crippen molar-refractivity contribution in [1.82, 2.24) is 0 Å². The molecule has 0 saturated heterocycles. The Hall–Kier alpha value is -2.16. The first-order valence-electron chi connectivity index (χ1n) is 11.2. The summed E-state index contributed by atoms with van der Waals surface area (Å²) in [6.07, 6.45) is -3.79. The molecule has 0 bridgehead atoms. The second-order valence-corrected chi connectivity index (χ2v) is 10.7. The van der Waals surface area contributed by atoms with Crippen LogP contribution in [0.1, 0.15) is 57.6 Å². The number of nitrogens with zero attached hydrogens (tertiary/aromatic N) is 1. The van der Waals surface area contributed by atoms with Crippen LogP contribution in [0, 0.1) is 0 Å². The van der Waals surface area contributed by atoms with Gasteiger partial charge in [-0.15, -0.1) is 0 Å². The van der Waals surface area contributed by atoms with Crippen LogP contribution in [-0.4, -0.2) is 30.0 Å². The fourth-order valence-corrected chi connectivity index (χ4v) is 4.41. The first-order valence-corrected chi connectivity index (χ1v) is 12.4. The number of alkyl halides is 3. The summed E-state index contributed by atoms with van der Waals surface area (Å²) in [4.78, 5) is 16.9. The van der Waals surface area contributed by atoms with Gasteiger partial charge in [-0.25, -0.2) is 0 Å². The van der Waals surface area contributed by atoms with Crippen molar-refractivity contribution >= 4 is 52.2 Å². The van der Waals surface area contributed by atoms with E-state index in [1.165, 1.54) is 18.2 Å². The Bertz CT molecular complexity index is 1130. The third kappa shape index (κ3) is 6.99. The van der Waals surface area contributed by atoms with Crippen molar-refractivity contribution in [2.75, 3.05) is 11.9 Å². The number of carbonyl (C=O) groups is 1. The summed E-state index contributed by atoms with van der Waals surface area (Å²) in [5.74, 6) is -0.268. The molecule has 5 nitrogen and oxygen atoms in total. The topological polar surface area (TPSA) is 59.9 Å². The van der Waals surface area contributed by atoms with Crippen LogP contribution < -0.4 is 5.32 Å². The first kappa shape index (κ1) is 28.4. The molecule has 1 aliphatic heterocycles. The van der Waals surface area contributed by atoms with Crippen LogP contribution in [0.15, 0.2) is 41.6 Å². The average molecular weight is 566 g/mol. The number of esters is 1. The van der Waals surface area contributed by atoms with Crippen LogP contribution in [0.25, 0.3) is 0 Å². The van der Waals surface area contributed by atoms with E-state index in [1.54, 1.807) is 18.2 Å². The maximum absolute atomic E-state index is 14.2. The summed E-state index contributed by atoms with van der Waals surface area (Å²) < 4.78 is 48.0. The van der Waals surface area contributed by atoms with Crippen molar-refractivity contribution in [3.63, 3.8) is 0 Å². The number of hydrogen-bond donors (Lipinski definition) is 1. The number of anilines is 1. The minimum Gasteiger partial charge on any atom is -0.460 e. The van der Waals surface area contributed by atoms with E-state index in [1.807, 2.05) is 20.8 Å². The zero-order valence-corrected chi connectivity index (χ0v) is 22.2. The average Bonchev–Trinajstić information content (AvgIpc) is 3.20. The van der Waals surface area contributed by atoms with Crippen molar-refractivity contribution in [2.24, 2.45) is 5.16 Å². The van der Waals surface area contributed by atoms with Crippen molar-refractivity contribution in [1.29, 1.82) is 0 Å². The van der Waals surface area contributed by atoms with E-state index in [2.05, 4.69) is 10.5 Å². The molecule has 11 heteroatoms. The Morgan fingerprint density at radius 3 is 2.36 bits per heavy atom. The SMILES string of the molecule is CC(C)(C)OC(=O)CCCCNc1cc(C2=NOC(c3cc(Cl)cc(Cl)c3)(C(F)(F)F)C2)ccc1Cl. The lowest BCUT2D eigenvalue weighted by atomic mass is 9.86. The summed E-state index contributed by atoms with van der Waals surface area (Å²) in [6.45, 7) is 5.93. The number of oxime groups is 1. The van der Waals surface area contributed by atoms with Crippen LogP contribution in [0.3, 0.4) is 0 Å². The van der Waals surface area contributed by atoms with Gasteiger partial charge < -0.3 is 14.9 Å². The molecule has 0 fully saturated rings. The van der Waals surface area contributed by atoms with Gasteiger partial charge in [-0.1, -0.05) is 46.0 Å². The van der Waals surface area contributed by atoms with Gasteiger partial charge in [0.1, 0.15) is 5.60 Å². The Balaban J connectivity index is 1.68. The van der Waals surface area contributed by atoms with Crippen molar-refractivity contribution in [2.45, 2.75) is 63.8 Å². The highest BCUT2D eigenvalue weighted by atomic mass is 35.5. The summed E-state index contributed by atoms with van der Waals surface area (Å²) in [5, 5.41) is 7.45. The summed E-state index contributed by atoms with van der Waals surface area (Å²) in [7, 11) is 0. The third-order valence-corrected chi connectivity index (χ3v) is 6.12. The summed E-state index contributed by atoms with van der Waals surface area (Å²) in [5.41, 5.74) is -2.42. The van der Waals surface area contributed by atoms with E-state index >= 15 is 0 Å². The molecule has 1 heterocycles. The second-order valence-electron chi connectivity index (χ2n) is 9.45. The number of benzene rings is 2. The predicted molar refractivity (Wildman–Crippen MR) is 136 cm³/mol. The molecule has 36 heavy (non-hydrogen) atoms. The largest absolute Gasteiger partial charge is 0.460 e. The van der Waals surface area contributed by atoms with E-state index < -0.39 is 23.8 Å². The molecule has 1 aliphatic rings. The first-order chi connectivity index (χ1) is 16.7. The Morgan fingerprint density at radius 2 is 1.75 bits per heavy atom. The molecular weight excluding hydrogens is 540 g/mol. The van der Waals surface area contributed by atoms with Gasteiger partial charge in [-0.05, 0) is 63.9 Å². The summed E-state index contributed by atoms with van der Waals surface area (Å²) >= 11 is 18.2. The highest BCUT2D eigenvalue weighted by Crippen LogP contribution is 2.49. The van der Waals surface area contributed by atoms with Gasteiger partial charge in [-0.2, -0.15) is 13.2 Å². The molecule has 0 spiro atoms. The monoisotopic (exact) mass is 564 g/mol. The summed E-state index contributed by atoms with van der Waals surface area (Å²) in [6, 6.07) is 8.47. The lowest BCUT2D eigenvalue weighted by Gasteiger charge is -2.29. The molecule has 196 valence electrons. The lowest BCUT2D eigenvalue weighted by molar-refractivity contribution is -0.275. The van der Waals surface area contributed by atoms with Crippen LogP contribution >= 0.6 is 34.8 Å². The Kier molecular flexibility index (Phi) is 8.74. The number of ether oxygens (including phenoxy) is 1. The molecule has 0 aromatic heterocycles.